The van der Waals surface area contributed by atoms with E-state index in [-0.39, 0.29) is 19.8 Å². The lowest BCUT2D eigenvalue weighted by Crippen LogP contribution is -2.54. The molecule has 1 aromatic carbocycles. The maximum Gasteiger partial charge on any atom is 0.0884 e. The molecule has 16 heavy (non-hydrogen) atoms. The predicted octanol–water partition coefficient (Wildman–Crippen LogP) is 0.145. The van der Waals surface area contributed by atoms with Gasteiger partial charge in [-0.2, -0.15) is 0 Å². The maximum absolute atomic E-state index is 9.10. The molecular formula is C11H16ClNO3. The molecule has 90 valence electrons. The number of nitrogens with one attached hydrogen (secondary N) is 1. The Morgan fingerprint density at radius 1 is 1.12 bits per heavy atom. The van der Waals surface area contributed by atoms with E-state index in [1.807, 2.05) is 12.1 Å². The predicted molar refractivity (Wildman–Crippen MR) is 62.3 cm³/mol. The Balaban J connectivity index is 2.62. The average molecular weight is 246 g/mol. The Bertz CT molecular complexity index is 320. The molecule has 4 N–H and O–H groups in total. The normalized spacial score (nSPS) is 11.8. The fraction of sp³-hybridized carbons (Fsp3) is 0.455. The highest BCUT2D eigenvalue weighted by molar-refractivity contribution is 6.30. The van der Waals surface area contributed by atoms with Gasteiger partial charge < -0.3 is 20.6 Å². The van der Waals surface area contributed by atoms with E-state index in [2.05, 4.69) is 5.32 Å². The summed E-state index contributed by atoms with van der Waals surface area (Å²) in [5.41, 5.74) is -0.130. The summed E-state index contributed by atoms with van der Waals surface area (Å²) >= 11 is 5.82. The van der Waals surface area contributed by atoms with E-state index in [4.69, 9.17) is 26.9 Å². The monoisotopic (exact) mass is 245 g/mol. The Labute approximate surface area is 99.5 Å². The van der Waals surface area contributed by atoms with Crippen LogP contribution in [0.2, 0.25) is 5.02 Å². The van der Waals surface area contributed by atoms with Gasteiger partial charge in [0.25, 0.3) is 0 Å². The molecule has 0 atom stereocenters. The average Bonchev–Trinajstić information content (AvgIpc) is 2.32. The lowest BCUT2D eigenvalue weighted by molar-refractivity contribution is 0.0414. The molecule has 0 fully saturated rings. The van der Waals surface area contributed by atoms with E-state index < -0.39 is 5.54 Å². The molecular weight excluding hydrogens is 230 g/mol. The maximum atomic E-state index is 9.10. The van der Waals surface area contributed by atoms with Crippen LogP contribution in [0.4, 0.5) is 0 Å². The standard InChI is InChI=1S/C11H16ClNO3/c12-10-3-1-2-9(4-10)5-13-11(6-14,7-15)8-16/h1-4,13-16H,5-8H2. The van der Waals surface area contributed by atoms with E-state index in [0.717, 1.165) is 5.56 Å². The highest BCUT2D eigenvalue weighted by atomic mass is 35.5. The summed E-state index contributed by atoms with van der Waals surface area (Å²) in [6, 6.07) is 7.24. The van der Waals surface area contributed by atoms with Crippen LogP contribution in [0.25, 0.3) is 0 Å². The summed E-state index contributed by atoms with van der Waals surface area (Å²) in [6.07, 6.45) is 0. The van der Waals surface area contributed by atoms with Crippen LogP contribution in [-0.4, -0.2) is 40.7 Å². The summed E-state index contributed by atoms with van der Waals surface area (Å²) in [6.45, 7) is -0.579. The molecule has 0 bridgehead atoms. The zero-order valence-electron chi connectivity index (χ0n) is 8.86. The third-order valence-electron chi connectivity index (χ3n) is 2.46. The largest absolute Gasteiger partial charge is 0.394 e. The first kappa shape index (κ1) is 13.4. The van der Waals surface area contributed by atoms with Crippen LogP contribution in [0.3, 0.4) is 0 Å². The minimum absolute atomic E-state index is 0.333. The van der Waals surface area contributed by atoms with Crippen molar-refractivity contribution in [1.29, 1.82) is 0 Å². The summed E-state index contributed by atoms with van der Waals surface area (Å²) in [5.74, 6) is 0. The Morgan fingerprint density at radius 2 is 1.75 bits per heavy atom. The zero-order valence-corrected chi connectivity index (χ0v) is 9.61. The molecule has 0 aromatic heterocycles. The summed E-state index contributed by atoms with van der Waals surface area (Å²) in [7, 11) is 0. The first-order valence-electron chi connectivity index (χ1n) is 4.98. The number of hydrogen-bond acceptors (Lipinski definition) is 4. The quantitative estimate of drug-likeness (QED) is 0.576. The van der Waals surface area contributed by atoms with Crippen molar-refractivity contribution < 1.29 is 15.3 Å². The van der Waals surface area contributed by atoms with Gasteiger partial charge in [-0.05, 0) is 17.7 Å². The lowest BCUT2D eigenvalue weighted by atomic mass is 10.0. The second-order valence-corrected chi connectivity index (χ2v) is 4.17. The van der Waals surface area contributed by atoms with Crippen molar-refractivity contribution in [2.75, 3.05) is 19.8 Å². The minimum Gasteiger partial charge on any atom is -0.394 e. The first-order valence-corrected chi connectivity index (χ1v) is 5.35. The number of aliphatic hydroxyl groups is 3. The van der Waals surface area contributed by atoms with Gasteiger partial charge in [-0.1, -0.05) is 23.7 Å². The highest BCUT2D eigenvalue weighted by Crippen LogP contribution is 2.11. The van der Waals surface area contributed by atoms with Crippen LogP contribution in [0, 0.1) is 0 Å². The van der Waals surface area contributed by atoms with Crippen LogP contribution in [0.5, 0.6) is 0 Å². The smallest absolute Gasteiger partial charge is 0.0884 e. The van der Waals surface area contributed by atoms with Crippen molar-refractivity contribution in [1.82, 2.24) is 5.32 Å². The van der Waals surface area contributed by atoms with E-state index in [0.29, 0.717) is 11.6 Å². The van der Waals surface area contributed by atoms with Gasteiger partial charge >= 0.3 is 0 Å². The van der Waals surface area contributed by atoms with Crippen molar-refractivity contribution in [3.8, 4) is 0 Å². The van der Waals surface area contributed by atoms with Crippen molar-refractivity contribution in [2.45, 2.75) is 12.1 Å². The van der Waals surface area contributed by atoms with Crippen LogP contribution in [0.1, 0.15) is 5.56 Å². The number of aliphatic hydroxyl groups excluding tert-OH is 3. The molecule has 0 radical (unpaired) electrons. The topological polar surface area (TPSA) is 72.7 Å². The molecule has 0 saturated heterocycles. The Morgan fingerprint density at radius 3 is 2.25 bits per heavy atom. The van der Waals surface area contributed by atoms with Gasteiger partial charge in [-0.15, -0.1) is 0 Å². The third kappa shape index (κ3) is 3.43. The Kier molecular flexibility index (Phi) is 5.18. The summed E-state index contributed by atoms with van der Waals surface area (Å²) in [4.78, 5) is 0. The molecule has 0 heterocycles. The lowest BCUT2D eigenvalue weighted by Gasteiger charge is -2.28. The van der Waals surface area contributed by atoms with Crippen molar-refractivity contribution >= 4 is 11.6 Å². The van der Waals surface area contributed by atoms with Crippen LogP contribution in [-0.2, 0) is 6.54 Å². The van der Waals surface area contributed by atoms with Crippen molar-refractivity contribution in [3.63, 3.8) is 0 Å². The van der Waals surface area contributed by atoms with Gasteiger partial charge in [-0.25, -0.2) is 0 Å². The highest BCUT2D eigenvalue weighted by Gasteiger charge is 2.26. The molecule has 5 heteroatoms. The Hall–Kier alpha value is -0.650. The number of hydrogen-bond donors (Lipinski definition) is 4. The second-order valence-electron chi connectivity index (χ2n) is 3.74. The van der Waals surface area contributed by atoms with Crippen molar-refractivity contribution in [2.24, 2.45) is 0 Å². The number of halogens is 1. The summed E-state index contributed by atoms with van der Waals surface area (Å²) < 4.78 is 0. The third-order valence-corrected chi connectivity index (χ3v) is 2.70. The van der Waals surface area contributed by atoms with Gasteiger partial charge in [0.15, 0.2) is 0 Å². The molecule has 4 nitrogen and oxygen atoms in total. The van der Waals surface area contributed by atoms with Crippen LogP contribution in [0.15, 0.2) is 24.3 Å². The second kappa shape index (κ2) is 6.18. The van der Waals surface area contributed by atoms with Crippen LogP contribution >= 0.6 is 11.6 Å². The molecule has 0 saturated carbocycles. The molecule has 0 amide bonds. The molecule has 0 aliphatic heterocycles. The number of benzene rings is 1. The molecule has 0 spiro atoms. The summed E-state index contributed by atoms with van der Waals surface area (Å²) in [5, 5.41) is 30.8. The van der Waals surface area contributed by atoms with E-state index in [1.165, 1.54) is 0 Å². The first-order chi connectivity index (χ1) is 7.65. The van der Waals surface area contributed by atoms with E-state index in [1.54, 1.807) is 12.1 Å². The van der Waals surface area contributed by atoms with Crippen LogP contribution < -0.4 is 5.32 Å². The van der Waals surface area contributed by atoms with Crippen molar-refractivity contribution in [3.05, 3.63) is 34.9 Å². The van der Waals surface area contributed by atoms with Gasteiger partial charge in [0.05, 0.1) is 25.4 Å². The molecule has 0 aliphatic carbocycles. The van der Waals surface area contributed by atoms with Gasteiger partial charge in [0.2, 0.25) is 0 Å². The number of rotatable bonds is 6. The van der Waals surface area contributed by atoms with Gasteiger partial charge in [-0.3, -0.25) is 0 Å². The van der Waals surface area contributed by atoms with E-state index >= 15 is 0 Å². The zero-order chi connectivity index (χ0) is 12.0. The molecule has 1 rings (SSSR count). The molecule has 0 aliphatic rings. The van der Waals surface area contributed by atoms with Gasteiger partial charge in [0.1, 0.15) is 0 Å². The minimum atomic E-state index is -1.05. The SMILES string of the molecule is OCC(CO)(CO)NCc1cccc(Cl)c1. The molecule has 0 unspecified atom stereocenters. The molecule has 1 aromatic rings. The fourth-order valence-corrected chi connectivity index (χ4v) is 1.47. The van der Waals surface area contributed by atoms with E-state index in [9.17, 15) is 0 Å². The van der Waals surface area contributed by atoms with Gasteiger partial charge in [0, 0.05) is 11.6 Å². The fourth-order valence-electron chi connectivity index (χ4n) is 1.25.